The van der Waals surface area contributed by atoms with Crippen molar-refractivity contribution < 1.29 is 19.5 Å². The Balaban J connectivity index is 2.43. The van der Waals surface area contributed by atoms with Gasteiger partial charge in [0, 0.05) is 13.0 Å². The Hall–Kier alpha value is -0.910. The second kappa shape index (κ2) is 7.51. The van der Waals surface area contributed by atoms with Gasteiger partial charge in [-0.2, -0.15) is 0 Å². The number of aliphatic hydroxyl groups is 1. The summed E-state index contributed by atoms with van der Waals surface area (Å²) in [5.74, 6) is -1.03. The van der Waals surface area contributed by atoms with Crippen molar-refractivity contribution in [2.75, 3.05) is 6.61 Å². The maximum Gasteiger partial charge on any atom is 0.249 e. The second-order valence-corrected chi connectivity index (χ2v) is 4.74. The number of amides is 1. The molecule has 1 heterocycles. The van der Waals surface area contributed by atoms with Gasteiger partial charge in [-0.15, -0.1) is 6.58 Å². The van der Waals surface area contributed by atoms with E-state index in [1.54, 1.807) is 13.0 Å². The fraction of sp³-hybridized carbons (Fsp3) is 0.769. The zero-order valence-corrected chi connectivity index (χ0v) is 11.1. The van der Waals surface area contributed by atoms with Crippen LogP contribution in [0.1, 0.15) is 33.1 Å². The average molecular weight is 257 g/mol. The van der Waals surface area contributed by atoms with Gasteiger partial charge in [0.05, 0.1) is 12.0 Å². The third-order valence-corrected chi connectivity index (χ3v) is 3.19. The number of aliphatic hydroxyl groups excluding tert-OH is 1. The van der Waals surface area contributed by atoms with E-state index in [9.17, 15) is 9.90 Å². The molecule has 1 fully saturated rings. The quantitative estimate of drug-likeness (QED) is 0.557. The van der Waals surface area contributed by atoms with Crippen molar-refractivity contribution in [3.05, 3.63) is 12.7 Å². The Labute approximate surface area is 108 Å². The number of ether oxygens (including phenoxy) is 1. The molecule has 0 saturated carbocycles. The standard InChI is InChI=1S/C13H23NO4/c1-4-9(2)12(10(3)15)13(16)14-18-11-7-5-6-8-17-11/h4,9-12,15H,1,5-8H2,2-3H3,(H,14,16)/t9?,10-,11?,12-/m1/s1. The highest BCUT2D eigenvalue weighted by Gasteiger charge is 2.29. The first-order valence-electron chi connectivity index (χ1n) is 6.44. The number of hydrogen-bond donors (Lipinski definition) is 2. The van der Waals surface area contributed by atoms with Crippen LogP contribution in [-0.2, 0) is 14.4 Å². The largest absolute Gasteiger partial charge is 0.393 e. The molecule has 18 heavy (non-hydrogen) atoms. The van der Waals surface area contributed by atoms with Gasteiger partial charge in [-0.25, -0.2) is 10.3 Å². The molecular formula is C13H23NO4. The van der Waals surface area contributed by atoms with Crippen molar-refractivity contribution in [3.8, 4) is 0 Å². The van der Waals surface area contributed by atoms with Crippen molar-refractivity contribution >= 4 is 5.91 Å². The van der Waals surface area contributed by atoms with Gasteiger partial charge in [0.15, 0.2) is 6.29 Å². The molecule has 1 rings (SSSR count). The number of allylic oxidation sites excluding steroid dienone is 1. The molecule has 5 heteroatoms. The van der Waals surface area contributed by atoms with Crippen LogP contribution in [-0.4, -0.2) is 30.0 Å². The number of hydroxylamine groups is 1. The highest BCUT2D eigenvalue weighted by Crippen LogP contribution is 2.18. The summed E-state index contributed by atoms with van der Waals surface area (Å²) in [6, 6.07) is 0. The van der Waals surface area contributed by atoms with Gasteiger partial charge in [-0.1, -0.05) is 13.0 Å². The molecule has 0 bridgehead atoms. The Kier molecular flexibility index (Phi) is 6.32. The first-order valence-corrected chi connectivity index (χ1v) is 6.44. The lowest BCUT2D eigenvalue weighted by atomic mass is 9.89. The van der Waals surface area contributed by atoms with Crippen LogP contribution in [0.25, 0.3) is 0 Å². The lowest BCUT2D eigenvalue weighted by Crippen LogP contribution is -2.42. The highest BCUT2D eigenvalue weighted by atomic mass is 16.8. The van der Waals surface area contributed by atoms with E-state index in [2.05, 4.69) is 12.1 Å². The van der Waals surface area contributed by atoms with Gasteiger partial charge in [-0.3, -0.25) is 4.79 Å². The van der Waals surface area contributed by atoms with Crippen LogP contribution in [0, 0.1) is 11.8 Å². The lowest BCUT2D eigenvalue weighted by molar-refractivity contribution is -0.203. The Morgan fingerprint density at radius 2 is 2.28 bits per heavy atom. The SMILES string of the molecule is C=CC(C)[C@@H](C(=O)NOC1CCCCO1)[C@@H](C)O. The number of hydrogen-bond acceptors (Lipinski definition) is 4. The van der Waals surface area contributed by atoms with Crippen LogP contribution >= 0.6 is 0 Å². The number of carbonyl (C=O) groups excluding carboxylic acids is 1. The van der Waals surface area contributed by atoms with Gasteiger partial charge in [-0.05, 0) is 25.7 Å². The van der Waals surface area contributed by atoms with E-state index in [1.807, 2.05) is 6.92 Å². The highest BCUT2D eigenvalue weighted by molar-refractivity contribution is 5.78. The fourth-order valence-corrected chi connectivity index (χ4v) is 2.04. The Morgan fingerprint density at radius 1 is 1.56 bits per heavy atom. The molecule has 5 nitrogen and oxygen atoms in total. The minimum absolute atomic E-state index is 0.124. The van der Waals surface area contributed by atoms with Crippen LogP contribution in [0.4, 0.5) is 0 Å². The van der Waals surface area contributed by atoms with Gasteiger partial charge >= 0.3 is 0 Å². The molecule has 4 atom stereocenters. The molecule has 1 aliphatic rings. The second-order valence-electron chi connectivity index (χ2n) is 4.74. The van der Waals surface area contributed by atoms with Crippen molar-refractivity contribution in [2.45, 2.75) is 45.5 Å². The van der Waals surface area contributed by atoms with Gasteiger partial charge in [0.2, 0.25) is 5.91 Å². The van der Waals surface area contributed by atoms with Crippen molar-refractivity contribution in [1.82, 2.24) is 5.48 Å². The molecule has 1 amide bonds. The monoisotopic (exact) mass is 257 g/mol. The molecule has 0 spiro atoms. The molecule has 2 unspecified atom stereocenters. The minimum atomic E-state index is -0.756. The zero-order valence-electron chi connectivity index (χ0n) is 11.1. The van der Waals surface area contributed by atoms with E-state index in [1.165, 1.54) is 0 Å². The minimum Gasteiger partial charge on any atom is -0.393 e. The molecule has 104 valence electrons. The molecule has 2 N–H and O–H groups in total. The molecule has 0 aromatic rings. The van der Waals surface area contributed by atoms with Crippen LogP contribution in [0.5, 0.6) is 0 Å². The maximum atomic E-state index is 11.9. The smallest absolute Gasteiger partial charge is 0.249 e. The first-order chi connectivity index (χ1) is 8.56. The molecule has 0 radical (unpaired) electrons. The van der Waals surface area contributed by atoms with Crippen molar-refractivity contribution in [2.24, 2.45) is 11.8 Å². The average Bonchev–Trinajstić information content (AvgIpc) is 2.37. The Morgan fingerprint density at radius 3 is 2.78 bits per heavy atom. The summed E-state index contributed by atoms with van der Waals surface area (Å²) in [5, 5.41) is 9.63. The normalized spacial score (nSPS) is 24.9. The third kappa shape index (κ3) is 4.40. The maximum absolute atomic E-state index is 11.9. The molecule has 1 saturated heterocycles. The van der Waals surface area contributed by atoms with E-state index in [0.717, 1.165) is 19.3 Å². The summed E-state index contributed by atoms with van der Waals surface area (Å²) in [5.41, 5.74) is 2.38. The number of rotatable bonds is 6. The molecule has 0 aliphatic carbocycles. The topological polar surface area (TPSA) is 67.8 Å². The van der Waals surface area contributed by atoms with Gasteiger partial charge in [0.1, 0.15) is 0 Å². The molecule has 1 aliphatic heterocycles. The first kappa shape index (κ1) is 15.1. The zero-order chi connectivity index (χ0) is 13.5. The van der Waals surface area contributed by atoms with Crippen molar-refractivity contribution in [3.63, 3.8) is 0 Å². The molecule has 0 aromatic carbocycles. The molecule has 0 aromatic heterocycles. The van der Waals surface area contributed by atoms with Gasteiger partial charge in [0.25, 0.3) is 0 Å². The van der Waals surface area contributed by atoms with Crippen LogP contribution in [0.15, 0.2) is 12.7 Å². The summed E-state index contributed by atoms with van der Waals surface area (Å²) < 4.78 is 5.34. The predicted octanol–water partition coefficient (Wildman–Crippen LogP) is 1.38. The third-order valence-electron chi connectivity index (χ3n) is 3.19. The predicted molar refractivity (Wildman–Crippen MR) is 67.4 cm³/mol. The van der Waals surface area contributed by atoms with E-state index in [-0.39, 0.29) is 18.1 Å². The van der Waals surface area contributed by atoms with E-state index in [0.29, 0.717) is 6.61 Å². The summed E-state index contributed by atoms with van der Waals surface area (Å²) in [6.45, 7) is 7.71. The van der Waals surface area contributed by atoms with E-state index < -0.39 is 12.0 Å². The van der Waals surface area contributed by atoms with E-state index >= 15 is 0 Å². The number of nitrogens with one attached hydrogen (secondary N) is 1. The van der Waals surface area contributed by atoms with Crippen molar-refractivity contribution in [1.29, 1.82) is 0 Å². The van der Waals surface area contributed by atoms with Crippen LogP contribution < -0.4 is 5.48 Å². The summed E-state index contributed by atoms with van der Waals surface area (Å²) in [4.78, 5) is 17.1. The lowest BCUT2D eigenvalue weighted by Gasteiger charge is -2.26. The van der Waals surface area contributed by atoms with Gasteiger partial charge < -0.3 is 9.84 Å². The number of carbonyl (C=O) groups is 1. The van der Waals surface area contributed by atoms with Crippen LogP contribution in [0.2, 0.25) is 0 Å². The summed E-state index contributed by atoms with van der Waals surface area (Å²) in [7, 11) is 0. The molecular weight excluding hydrogens is 234 g/mol. The summed E-state index contributed by atoms with van der Waals surface area (Å²) in [6.07, 6.45) is 3.34. The fourth-order valence-electron chi connectivity index (χ4n) is 2.04. The summed E-state index contributed by atoms with van der Waals surface area (Å²) >= 11 is 0. The van der Waals surface area contributed by atoms with E-state index in [4.69, 9.17) is 9.57 Å². The van der Waals surface area contributed by atoms with Crippen LogP contribution in [0.3, 0.4) is 0 Å². The Bertz CT molecular complexity index is 274.